The highest BCUT2D eigenvalue weighted by molar-refractivity contribution is 7.26. The van der Waals surface area contributed by atoms with Crippen LogP contribution in [-0.4, -0.2) is 19.5 Å². The first-order valence-corrected chi connectivity index (χ1v) is 19.9. The lowest BCUT2D eigenvalue weighted by Crippen LogP contribution is -2.01. The average molecular weight is 788 g/mol. The number of nitrogens with zero attached hydrogens (tertiary/aromatic N) is 6. The predicted molar refractivity (Wildman–Crippen MR) is 245 cm³/mol. The van der Waals surface area contributed by atoms with Gasteiger partial charge in [-0.15, -0.1) is 11.3 Å². The van der Waals surface area contributed by atoms with E-state index in [1.54, 1.807) is 24.3 Å². The van der Waals surface area contributed by atoms with Crippen LogP contribution in [0.2, 0.25) is 0 Å². The zero-order valence-electron chi connectivity index (χ0n) is 36.5. The fourth-order valence-corrected chi connectivity index (χ4v) is 9.44. The lowest BCUT2D eigenvalue weighted by Gasteiger charge is -2.14. The minimum atomic E-state index is -0.451. The third-order valence-electron chi connectivity index (χ3n) is 10.8. The van der Waals surface area contributed by atoms with Crippen LogP contribution in [0.4, 0.5) is 5.69 Å². The van der Waals surface area contributed by atoms with Crippen LogP contribution >= 0.6 is 11.3 Å². The molecule has 0 aliphatic heterocycles. The van der Waals surface area contributed by atoms with Gasteiger partial charge < -0.3 is 4.57 Å². The quantitative estimate of drug-likeness (QED) is 0.157. The molecule has 0 fully saturated rings. The van der Waals surface area contributed by atoms with E-state index in [0.29, 0.717) is 45.4 Å². The number of nitriles is 1. The fourth-order valence-electron chi connectivity index (χ4n) is 8.12. The summed E-state index contributed by atoms with van der Waals surface area (Å²) in [6.07, 6.45) is 0. The number of thiophene rings is 1. The van der Waals surface area contributed by atoms with Gasteiger partial charge in [-0.1, -0.05) is 152 Å². The summed E-state index contributed by atoms with van der Waals surface area (Å²) in [6.45, 7) is 7.98. The summed E-state index contributed by atoms with van der Waals surface area (Å²) in [5.41, 5.74) is 7.61. The molecule has 0 radical (unpaired) electrons. The molecule has 0 spiro atoms. The first kappa shape index (κ1) is 29.9. The SMILES string of the molecule is [2H]c1c([2H])c([2H])c(-c2cccc3c2sc2c(-c4nc(-c5ccccc5)nc(-c5ccccc5)n4)cc(-n4c5ccccc5c5ccc(-c6c(C#N)cccc6[N+]#[C-])cc54)cc23)c([2H])c1[2H]. The molecule has 0 saturated heterocycles. The maximum Gasteiger partial charge on any atom is 0.196 e. The summed E-state index contributed by atoms with van der Waals surface area (Å²) in [5, 5.41) is 13.8. The number of hydrogen-bond donors (Lipinski definition) is 0. The van der Waals surface area contributed by atoms with Gasteiger partial charge >= 0.3 is 0 Å². The van der Waals surface area contributed by atoms with E-state index < -0.39 is 18.1 Å². The number of fused-ring (bicyclic) bond motifs is 6. The van der Waals surface area contributed by atoms with Crippen molar-refractivity contribution in [1.82, 2.24) is 19.5 Å². The summed E-state index contributed by atoms with van der Waals surface area (Å²) in [7, 11) is 0. The van der Waals surface area contributed by atoms with Crippen LogP contribution in [0.3, 0.4) is 0 Å². The standard InChI is InChI=1S/C53H30N6S/c1-55-45-25-13-21-37(32-54)48(45)36-27-28-41-40-22-11-12-26-46(40)59(47(41)29-36)38-30-43-42-24-14-23-39(33-15-5-2-6-16-33)49(42)60-50(43)44(31-38)53-57-51(34-17-7-3-8-18-34)56-52(58-53)35-19-9-4-10-20-35/h2-31H/i2D,5D,6D,15D,16D. The minimum Gasteiger partial charge on any atom is -0.309 e. The zero-order valence-corrected chi connectivity index (χ0v) is 32.3. The first-order chi connectivity index (χ1) is 31.7. The minimum absolute atomic E-state index is 0.124. The van der Waals surface area contributed by atoms with Gasteiger partial charge in [0, 0.05) is 64.4 Å². The molecule has 60 heavy (non-hydrogen) atoms. The monoisotopic (exact) mass is 787 g/mol. The van der Waals surface area contributed by atoms with Crippen molar-refractivity contribution in [3.8, 4) is 68.2 Å². The third-order valence-corrected chi connectivity index (χ3v) is 12.1. The molecule has 3 aromatic heterocycles. The molecule has 11 rings (SSSR count). The fraction of sp³-hybridized carbons (Fsp3) is 0. The molecule has 3 heterocycles. The lowest BCUT2D eigenvalue weighted by atomic mass is 9.97. The molecule has 6 nitrogen and oxygen atoms in total. The largest absolute Gasteiger partial charge is 0.309 e. The Labute approximate surface area is 356 Å². The van der Waals surface area contributed by atoms with Crippen molar-refractivity contribution in [3.05, 3.63) is 199 Å². The van der Waals surface area contributed by atoms with E-state index >= 15 is 0 Å². The van der Waals surface area contributed by atoms with E-state index in [4.69, 9.17) is 28.4 Å². The van der Waals surface area contributed by atoms with Crippen LogP contribution in [0.5, 0.6) is 0 Å². The van der Waals surface area contributed by atoms with E-state index in [9.17, 15) is 5.26 Å². The molecule has 0 bridgehead atoms. The highest BCUT2D eigenvalue weighted by Gasteiger charge is 2.22. The van der Waals surface area contributed by atoms with Crippen LogP contribution in [0.25, 0.3) is 109 Å². The second kappa shape index (κ2) is 14.3. The maximum absolute atomic E-state index is 10.2. The average Bonchev–Trinajstić information content (AvgIpc) is 3.91. The molecule has 0 unspecified atom stereocenters. The number of rotatable bonds is 6. The molecular formula is C53H30N6S. The van der Waals surface area contributed by atoms with Crippen LogP contribution < -0.4 is 0 Å². The molecular weight excluding hydrogens is 753 g/mol. The van der Waals surface area contributed by atoms with E-state index in [0.717, 1.165) is 64.4 Å². The van der Waals surface area contributed by atoms with Crippen molar-refractivity contribution >= 4 is 59.0 Å². The van der Waals surface area contributed by atoms with Gasteiger partial charge in [0.05, 0.1) is 30.5 Å². The molecule has 0 aliphatic carbocycles. The van der Waals surface area contributed by atoms with E-state index in [1.807, 2.05) is 103 Å². The van der Waals surface area contributed by atoms with Crippen molar-refractivity contribution in [3.63, 3.8) is 0 Å². The zero-order chi connectivity index (χ0) is 44.5. The van der Waals surface area contributed by atoms with Gasteiger partial charge in [-0.25, -0.2) is 19.8 Å². The Bertz CT molecular complexity index is 3750. The summed E-state index contributed by atoms with van der Waals surface area (Å²) in [6, 6.07) is 49.2. The van der Waals surface area contributed by atoms with E-state index in [-0.39, 0.29) is 17.6 Å². The summed E-state index contributed by atoms with van der Waals surface area (Å²) < 4.78 is 47.0. The van der Waals surface area contributed by atoms with Gasteiger partial charge in [0.15, 0.2) is 23.2 Å². The van der Waals surface area contributed by atoms with E-state index in [2.05, 4.69) is 39.7 Å². The second-order valence-electron chi connectivity index (χ2n) is 14.2. The Morgan fingerprint density at radius 2 is 1.20 bits per heavy atom. The van der Waals surface area contributed by atoms with Crippen LogP contribution in [-0.2, 0) is 0 Å². The number of benzene rings is 8. The van der Waals surface area contributed by atoms with Crippen molar-refractivity contribution in [2.45, 2.75) is 0 Å². The van der Waals surface area contributed by atoms with Gasteiger partial charge in [0.25, 0.3) is 0 Å². The Kier molecular flexibility index (Phi) is 7.13. The Morgan fingerprint density at radius 3 is 1.93 bits per heavy atom. The number of aromatic nitrogens is 4. The number of hydrogen-bond acceptors (Lipinski definition) is 5. The Morgan fingerprint density at radius 1 is 0.550 bits per heavy atom. The predicted octanol–water partition coefficient (Wildman–Crippen LogP) is 14.1. The number of para-hydroxylation sites is 1. The third kappa shape index (κ3) is 5.73. The topological polar surface area (TPSA) is 71.8 Å². The maximum atomic E-state index is 10.2. The highest BCUT2D eigenvalue weighted by atomic mass is 32.1. The van der Waals surface area contributed by atoms with Gasteiger partial charge in [-0.2, -0.15) is 5.26 Å². The van der Waals surface area contributed by atoms with Gasteiger partial charge in [-0.05, 0) is 47.0 Å². The molecule has 0 aliphatic rings. The smallest absolute Gasteiger partial charge is 0.196 e. The van der Waals surface area contributed by atoms with E-state index in [1.165, 1.54) is 11.3 Å². The Hall–Kier alpha value is -8.23. The van der Waals surface area contributed by atoms with Crippen molar-refractivity contribution in [2.24, 2.45) is 0 Å². The molecule has 278 valence electrons. The van der Waals surface area contributed by atoms with Gasteiger partial charge in [0.2, 0.25) is 0 Å². The highest BCUT2D eigenvalue weighted by Crippen LogP contribution is 2.46. The molecule has 0 N–H and O–H groups in total. The van der Waals surface area contributed by atoms with Gasteiger partial charge in [0.1, 0.15) is 0 Å². The lowest BCUT2D eigenvalue weighted by molar-refractivity contribution is 1.07. The van der Waals surface area contributed by atoms with Crippen LogP contribution in [0.1, 0.15) is 12.4 Å². The molecule has 0 saturated carbocycles. The summed E-state index contributed by atoms with van der Waals surface area (Å²) in [4.78, 5) is 19.1. The second-order valence-corrected chi connectivity index (χ2v) is 15.2. The molecule has 0 atom stereocenters. The van der Waals surface area contributed by atoms with Crippen LogP contribution in [0.15, 0.2) is 182 Å². The van der Waals surface area contributed by atoms with Crippen molar-refractivity contribution < 1.29 is 6.85 Å². The summed E-state index contributed by atoms with van der Waals surface area (Å²) >= 11 is 1.46. The van der Waals surface area contributed by atoms with Crippen LogP contribution in [0, 0.1) is 17.9 Å². The normalized spacial score (nSPS) is 12.5. The van der Waals surface area contributed by atoms with Crippen molar-refractivity contribution in [2.75, 3.05) is 0 Å². The first-order valence-electron chi connectivity index (χ1n) is 21.6. The summed E-state index contributed by atoms with van der Waals surface area (Å²) in [5.74, 6) is 1.40. The van der Waals surface area contributed by atoms with Gasteiger partial charge in [-0.3, -0.25) is 0 Å². The molecule has 7 heteroatoms. The molecule has 8 aromatic carbocycles. The Balaban J connectivity index is 1.27. The molecule has 0 amide bonds. The molecule has 11 aromatic rings. The van der Waals surface area contributed by atoms with Crippen molar-refractivity contribution in [1.29, 1.82) is 5.26 Å².